The molecule has 1 amide bonds. The molecule has 2 heterocycles. The van der Waals surface area contributed by atoms with Crippen molar-refractivity contribution in [2.45, 2.75) is 89.2 Å². The number of likely N-dealkylation sites (N-methyl/N-ethyl adjacent to an activating group) is 1. The third-order valence-electron chi connectivity index (χ3n) is 13.3. The van der Waals surface area contributed by atoms with Crippen molar-refractivity contribution in [1.82, 2.24) is 0 Å². The predicted octanol–water partition coefficient (Wildman–Crippen LogP) is 13.5. The van der Waals surface area contributed by atoms with Gasteiger partial charge in [0.05, 0.1) is 11.6 Å². The molecule has 2 aliphatic heterocycles. The maximum atomic E-state index is 13.4. The molecule has 6 aromatic rings. The Bertz CT molecular complexity index is 2440. The number of para-hydroxylation sites is 1. The summed E-state index contributed by atoms with van der Waals surface area (Å²) in [6.07, 6.45) is 12.8. The Morgan fingerprint density at radius 2 is 1.42 bits per heavy atom. The van der Waals surface area contributed by atoms with E-state index in [4.69, 9.17) is 9.73 Å². The van der Waals surface area contributed by atoms with E-state index in [1.807, 2.05) is 30.5 Å². The minimum Gasteiger partial charge on any atom is -0.459 e. The number of nitrogens with zero attached hydrogens (tertiary/aromatic N) is 2. The zero-order valence-corrected chi connectivity index (χ0v) is 33.7. The molecule has 1 aliphatic carbocycles. The van der Waals surface area contributed by atoms with Crippen molar-refractivity contribution in [2.75, 3.05) is 17.3 Å². The van der Waals surface area contributed by atoms with Crippen LogP contribution in [0.25, 0.3) is 33.0 Å². The number of fused-ring (bicyclic) bond motifs is 4. The molecule has 3 aliphatic rings. The number of hydrogen-bond acceptors (Lipinski definition) is 4. The van der Waals surface area contributed by atoms with E-state index in [2.05, 4.69) is 141 Å². The van der Waals surface area contributed by atoms with Crippen molar-refractivity contribution in [2.24, 2.45) is 10.9 Å². The van der Waals surface area contributed by atoms with E-state index in [1.54, 1.807) is 0 Å². The van der Waals surface area contributed by atoms with Crippen molar-refractivity contribution in [3.63, 3.8) is 0 Å². The first-order chi connectivity index (χ1) is 27.8. The van der Waals surface area contributed by atoms with Crippen LogP contribution in [0.3, 0.4) is 0 Å². The molecular weight excluding hydrogens is 699 g/mol. The highest BCUT2D eigenvalue weighted by Crippen LogP contribution is 2.55. The Balaban J connectivity index is 0.884. The molecule has 1 atom stereocenters. The van der Waals surface area contributed by atoms with Crippen molar-refractivity contribution >= 4 is 40.0 Å². The number of hydrogen-bond donors (Lipinski definition) is 1. The molecule has 5 nitrogen and oxygen atoms in total. The summed E-state index contributed by atoms with van der Waals surface area (Å²) in [5.41, 5.74) is 9.35. The average molecular weight is 752 g/mol. The van der Waals surface area contributed by atoms with Gasteiger partial charge in [-0.15, -0.1) is 0 Å². The summed E-state index contributed by atoms with van der Waals surface area (Å²) in [4.78, 5) is 20.7. The molecule has 57 heavy (non-hydrogen) atoms. The van der Waals surface area contributed by atoms with Crippen molar-refractivity contribution in [3.8, 4) is 28.0 Å². The Morgan fingerprint density at radius 1 is 0.772 bits per heavy atom. The molecule has 0 radical (unpaired) electrons. The topological polar surface area (TPSA) is 53.9 Å². The van der Waals surface area contributed by atoms with E-state index in [0.29, 0.717) is 11.5 Å². The molecule has 288 valence electrons. The number of anilines is 2. The highest BCUT2D eigenvalue weighted by atomic mass is 16.5. The van der Waals surface area contributed by atoms with Gasteiger partial charge in [0.25, 0.3) is 5.91 Å². The van der Waals surface area contributed by atoms with Gasteiger partial charge in [0, 0.05) is 29.4 Å². The number of amides is 1. The normalized spacial score (nSPS) is 20.6. The van der Waals surface area contributed by atoms with Gasteiger partial charge in [-0.25, -0.2) is 0 Å². The first-order valence-corrected chi connectivity index (χ1v) is 21.0. The highest BCUT2D eigenvalue weighted by Gasteiger charge is 2.58. The molecular formula is C52H53N3O2. The van der Waals surface area contributed by atoms with Gasteiger partial charge in [-0.1, -0.05) is 124 Å². The van der Waals surface area contributed by atoms with Gasteiger partial charge in [0.1, 0.15) is 11.4 Å². The Hall–Kier alpha value is -5.68. The average Bonchev–Trinajstić information content (AvgIpc) is 3.41. The van der Waals surface area contributed by atoms with Crippen LogP contribution >= 0.6 is 0 Å². The lowest BCUT2D eigenvalue weighted by Crippen LogP contribution is -2.61. The third-order valence-corrected chi connectivity index (χ3v) is 13.3. The van der Waals surface area contributed by atoms with E-state index < -0.39 is 5.72 Å². The van der Waals surface area contributed by atoms with Gasteiger partial charge < -0.3 is 15.0 Å². The monoisotopic (exact) mass is 751 g/mol. The van der Waals surface area contributed by atoms with E-state index >= 15 is 0 Å². The molecule has 0 bridgehead atoms. The van der Waals surface area contributed by atoms with Gasteiger partial charge in [0.2, 0.25) is 5.72 Å². The van der Waals surface area contributed by atoms with Crippen LogP contribution in [0.4, 0.5) is 17.1 Å². The highest BCUT2D eigenvalue weighted by molar-refractivity contribution is 6.08. The van der Waals surface area contributed by atoms with Gasteiger partial charge in [-0.2, -0.15) is 0 Å². The summed E-state index contributed by atoms with van der Waals surface area (Å²) < 4.78 is 7.09. The minimum atomic E-state index is -0.771. The second-order valence-corrected chi connectivity index (χ2v) is 17.0. The molecule has 1 N–H and O–H groups in total. The molecule has 1 spiro atoms. The molecule has 6 aromatic carbocycles. The second kappa shape index (κ2) is 15.0. The van der Waals surface area contributed by atoms with Gasteiger partial charge >= 0.3 is 0 Å². The number of carbonyl (C=O) groups excluding carboxylic acids is 1. The van der Waals surface area contributed by atoms with Gasteiger partial charge in [-0.05, 0) is 127 Å². The Kier molecular flexibility index (Phi) is 9.72. The first kappa shape index (κ1) is 36.9. The lowest BCUT2D eigenvalue weighted by molar-refractivity contribution is 0.0827. The van der Waals surface area contributed by atoms with Crippen LogP contribution in [0.15, 0.2) is 132 Å². The fourth-order valence-electron chi connectivity index (χ4n) is 9.83. The number of nitrogens with one attached hydrogen (secondary N) is 1. The Labute approximate surface area is 337 Å². The fourth-order valence-corrected chi connectivity index (χ4v) is 9.83. The predicted molar refractivity (Wildman–Crippen MR) is 237 cm³/mol. The lowest BCUT2D eigenvalue weighted by Gasteiger charge is -2.45. The van der Waals surface area contributed by atoms with Crippen LogP contribution in [0.5, 0.6) is 5.75 Å². The van der Waals surface area contributed by atoms with E-state index in [-0.39, 0.29) is 11.3 Å². The van der Waals surface area contributed by atoms with Crippen LogP contribution in [0, 0.1) is 5.92 Å². The number of carbonyl (C=O) groups is 1. The molecule has 1 unspecified atom stereocenters. The summed E-state index contributed by atoms with van der Waals surface area (Å²) in [6, 6.07) is 44.2. The van der Waals surface area contributed by atoms with E-state index in [0.717, 1.165) is 56.2 Å². The zero-order chi connectivity index (χ0) is 39.1. The van der Waals surface area contributed by atoms with Crippen molar-refractivity contribution in [3.05, 3.63) is 144 Å². The van der Waals surface area contributed by atoms with Crippen molar-refractivity contribution < 1.29 is 9.53 Å². The number of unbranched alkanes of at least 4 members (excludes halogenated alkanes) is 2. The largest absolute Gasteiger partial charge is 0.459 e. The number of ether oxygens (including phenoxy) is 1. The molecule has 9 rings (SSSR count). The summed E-state index contributed by atoms with van der Waals surface area (Å²) >= 11 is 0. The number of rotatable bonds is 9. The second-order valence-electron chi connectivity index (χ2n) is 17.0. The summed E-state index contributed by atoms with van der Waals surface area (Å²) in [6.45, 7) is 6.75. The zero-order valence-electron chi connectivity index (χ0n) is 33.7. The summed E-state index contributed by atoms with van der Waals surface area (Å²) in [5.74, 6) is 2.23. The first-order valence-electron chi connectivity index (χ1n) is 21.0. The van der Waals surface area contributed by atoms with Gasteiger partial charge in [0.15, 0.2) is 0 Å². The lowest BCUT2D eigenvalue weighted by atomic mass is 9.77. The Morgan fingerprint density at radius 3 is 2.12 bits per heavy atom. The van der Waals surface area contributed by atoms with Crippen LogP contribution < -0.4 is 15.0 Å². The molecule has 0 saturated heterocycles. The summed E-state index contributed by atoms with van der Waals surface area (Å²) in [7, 11) is 2.09. The summed E-state index contributed by atoms with van der Waals surface area (Å²) in [5, 5.41) is 5.25. The molecule has 0 aromatic heterocycles. The van der Waals surface area contributed by atoms with Crippen LogP contribution in [0.1, 0.15) is 99.5 Å². The standard InChI is InChI=1S/C52H53N3O2/c1-5-6-7-12-35-17-19-36(20-18-35)37-21-23-38(24-22-37)39-25-27-41(28-26-39)50(56)54-42-31-29-40(30-32-42)45-33-48-49(44-14-9-8-13-43(44)45)53-34-52(57-48)51(2,3)46-15-10-11-16-47(46)55(52)4/h8-11,13-16,21-36H,5-7,12,17-20H2,1-4H3,(H,54,56). The van der Waals surface area contributed by atoms with Crippen LogP contribution in [-0.2, 0) is 5.41 Å². The van der Waals surface area contributed by atoms with Crippen LogP contribution in [0.2, 0.25) is 0 Å². The van der Waals surface area contributed by atoms with E-state index in [9.17, 15) is 4.79 Å². The number of benzene rings is 6. The molecule has 5 heteroatoms. The van der Waals surface area contributed by atoms with Crippen molar-refractivity contribution in [1.29, 1.82) is 0 Å². The maximum absolute atomic E-state index is 13.4. The third kappa shape index (κ3) is 6.61. The van der Waals surface area contributed by atoms with Gasteiger partial charge in [-0.3, -0.25) is 9.79 Å². The SMILES string of the molecule is CCCCCC1CCC(c2ccc(-c3ccc(C(=O)Nc4ccc(-c5cc6c(c7ccccc57)N=CC5(O6)N(C)c6ccccc6C5(C)C)cc4)cc3)cc2)CC1. The van der Waals surface area contributed by atoms with E-state index in [1.165, 1.54) is 68.1 Å². The molecule has 1 fully saturated rings. The smallest absolute Gasteiger partial charge is 0.255 e. The maximum Gasteiger partial charge on any atom is 0.255 e. The van der Waals surface area contributed by atoms with Crippen LogP contribution in [-0.4, -0.2) is 24.9 Å². The molecule has 1 saturated carbocycles. The quantitative estimate of drug-likeness (QED) is 0.150. The number of aliphatic imine (C=N–C) groups is 1. The minimum absolute atomic E-state index is 0.130. The fraction of sp³-hybridized carbons (Fsp3) is 0.308.